The van der Waals surface area contributed by atoms with E-state index in [1.54, 1.807) is 18.2 Å². The Morgan fingerprint density at radius 1 is 1.18 bits per heavy atom. The molecule has 2 atom stereocenters. The van der Waals surface area contributed by atoms with Gasteiger partial charge in [0.15, 0.2) is 0 Å². The maximum absolute atomic E-state index is 13.3. The molecule has 0 aliphatic carbocycles. The van der Waals surface area contributed by atoms with Gasteiger partial charge in [-0.25, -0.2) is 8.42 Å². The smallest absolute Gasteiger partial charge is 0.254 e. The molecule has 2 amide bonds. The van der Waals surface area contributed by atoms with E-state index < -0.39 is 16.1 Å². The summed E-state index contributed by atoms with van der Waals surface area (Å²) in [5, 5.41) is 12.5. The molecule has 10 heteroatoms. The summed E-state index contributed by atoms with van der Waals surface area (Å²) in [6.07, 6.45) is 1.21. The highest BCUT2D eigenvalue weighted by atomic mass is 35.5. The predicted octanol–water partition coefficient (Wildman–Crippen LogP) is 2.97. The quantitative estimate of drug-likeness (QED) is 0.655. The first-order valence-corrected chi connectivity index (χ1v) is 12.9. The first-order chi connectivity index (χ1) is 16.2. The van der Waals surface area contributed by atoms with Crippen LogP contribution in [0, 0.1) is 17.2 Å². The Bertz CT molecular complexity index is 1240. The van der Waals surface area contributed by atoms with E-state index in [0.29, 0.717) is 24.4 Å². The highest BCUT2D eigenvalue weighted by Crippen LogP contribution is 2.27. The minimum absolute atomic E-state index is 0.00583. The van der Waals surface area contributed by atoms with Crippen LogP contribution in [-0.2, 0) is 14.8 Å². The summed E-state index contributed by atoms with van der Waals surface area (Å²) in [5.41, 5.74) is 1.11. The number of nitriles is 1. The minimum Gasteiger partial charge on any atom is -0.348 e. The molecule has 0 saturated carbocycles. The molecular formula is C24H25ClN4O4S. The number of benzene rings is 2. The Labute approximate surface area is 204 Å². The van der Waals surface area contributed by atoms with Crippen molar-refractivity contribution in [1.29, 1.82) is 5.26 Å². The standard InChI is InChI=1S/C24H25ClN4O4S/c1-16(18-7-9-20(25)10-8-18)27-23(30)22-6-3-11-29(22)24(31)19-4-2-5-21(12-19)34(32,33)28-14-17(13-26)15-28/h2,4-5,7-10,12,16-17,22H,3,6,11,14-15H2,1H3,(H,27,30)/t16-,22+/m0/s1. The first kappa shape index (κ1) is 24.2. The van der Waals surface area contributed by atoms with Crippen molar-refractivity contribution in [2.45, 2.75) is 36.7 Å². The summed E-state index contributed by atoms with van der Waals surface area (Å²) in [5.74, 6) is -0.939. The average molecular weight is 501 g/mol. The molecule has 0 radical (unpaired) electrons. The molecule has 2 aliphatic rings. The van der Waals surface area contributed by atoms with Gasteiger partial charge in [-0.1, -0.05) is 29.8 Å². The van der Waals surface area contributed by atoms with Crippen molar-refractivity contribution >= 4 is 33.4 Å². The van der Waals surface area contributed by atoms with Crippen molar-refractivity contribution in [2.24, 2.45) is 5.92 Å². The van der Waals surface area contributed by atoms with Gasteiger partial charge in [0.05, 0.1) is 22.9 Å². The Balaban J connectivity index is 1.47. The number of sulfonamides is 1. The summed E-state index contributed by atoms with van der Waals surface area (Å²) in [7, 11) is -3.78. The summed E-state index contributed by atoms with van der Waals surface area (Å²) in [6, 6.07) is 14.2. The van der Waals surface area contributed by atoms with Crippen molar-refractivity contribution < 1.29 is 18.0 Å². The predicted molar refractivity (Wildman–Crippen MR) is 126 cm³/mol. The average Bonchev–Trinajstić information content (AvgIpc) is 3.28. The SMILES string of the molecule is C[C@H](NC(=O)[C@H]1CCCN1C(=O)c1cccc(S(=O)(=O)N2CC(C#N)C2)c1)c1ccc(Cl)cc1. The van der Waals surface area contributed by atoms with E-state index in [1.165, 1.54) is 27.4 Å². The van der Waals surface area contributed by atoms with Crippen LogP contribution >= 0.6 is 11.6 Å². The zero-order valence-corrected chi connectivity index (χ0v) is 20.2. The van der Waals surface area contributed by atoms with Crippen molar-refractivity contribution in [3.05, 3.63) is 64.7 Å². The zero-order valence-electron chi connectivity index (χ0n) is 18.6. The second-order valence-electron chi connectivity index (χ2n) is 8.61. The number of rotatable bonds is 6. The van der Waals surface area contributed by atoms with Crippen LogP contribution in [0.5, 0.6) is 0 Å². The van der Waals surface area contributed by atoms with Crippen LogP contribution in [0.3, 0.4) is 0 Å². The monoisotopic (exact) mass is 500 g/mol. The fraction of sp³-hybridized carbons (Fsp3) is 0.375. The lowest BCUT2D eigenvalue weighted by Gasteiger charge is -2.34. The number of likely N-dealkylation sites (tertiary alicyclic amines) is 1. The largest absolute Gasteiger partial charge is 0.348 e. The second-order valence-corrected chi connectivity index (χ2v) is 11.0. The molecule has 34 heavy (non-hydrogen) atoms. The van der Waals surface area contributed by atoms with Gasteiger partial charge in [-0.3, -0.25) is 9.59 Å². The van der Waals surface area contributed by atoms with Crippen molar-refractivity contribution in [2.75, 3.05) is 19.6 Å². The van der Waals surface area contributed by atoms with E-state index >= 15 is 0 Å². The van der Waals surface area contributed by atoms with Crippen LogP contribution in [0.2, 0.25) is 5.02 Å². The highest BCUT2D eigenvalue weighted by molar-refractivity contribution is 7.89. The number of amides is 2. The van der Waals surface area contributed by atoms with Gasteiger partial charge in [0, 0.05) is 30.2 Å². The van der Waals surface area contributed by atoms with Crippen LogP contribution in [0.4, 0.5) is 0 Å². The van der Waals surface area contributed by atoms with E-state index in [2.05, 4.69) is 11.4 Å². The summed E-state index contributed by atoms with van der Waals surface area (Å²) in [6.45, 7) is 2.58. The van der Waals surface area contributed by atoms with Crippen LogP contribution < -0.4 is 5.32 Å². The van der Waals surface area contributed by atoms with E-state index in [1.807, 2.05) is 19.1 Å². The zero-order chi connectivity index (χ0) is 24.5. The molecule has 0 aromatic heterocycles. The summed E-state index contributed by atoms with van der Waals surface area (Å²) >= 11 is 5.93. The molecule has 0 spiro atoms. The molecule has 4 rings (SSSR count). The van der Waals surface area contributed by atoms with Crippen molar-refractivity contribution in [3.63, 3.8) is 0 Å². The van der Waals surface area contributed by atoms with E-state index in [-0.39, 0.29) is 47.3 Å². The van der Waals surface area contributed by atoms with Crippen LogP contribution in [-0.4, -0.2) is 55.1 Å². The third kappa shape index (κ3) is 4.80. The van der Waals surface area contributed by atoms with E-state index in [9.17, 15) is 18.0 Å². The van der Waals surface area contributed by atoms with E-state index in [0.717, 1.165) is 5.56 Å². The van der Waals surface area contributed by atoms with Gasteiger partial charge in [-0.15, -0.1) is 0 Å². The van der Waals surface area contributed by atoms with Gasteiger partial charge in [-0.05, 0) is 55.7 Å². The maximum atomic E-state index is 13.3. The van der Waals surface area contributed by atoms with Crippen molar-refractivity contribution in [3.8, 4) is 6.07 Å². The van der Waals surface area contributed by atoms with Gasteiger partial charge < -0.3 is 10.2 Å². The molecule has 2 saturated heterocycles. The lowest BCUT2D eigenvalue weighted by Crippen LogP contribution is -2.49. The first-order valence-electron chi connectivity index (χ1n) is 11.1. The van der Waals surface area contributed by atoms with Gasteiger partial charge in [0.2, 0.25) is 15.9 Å². The summed E-state index contributed by atoms with van der Waals surface area (Å²) < 4.78 is 26.9. The third-order valence-corrected chi connectivity index (χ3v) is 8.37. The van der Waals surface area contributed by atoms with Crippen LogP contribution in [0.1, 0.15) is 41.7 Å². The Morgan fingerprint density at radius 2 is 1.88 bits per heavy atom. The van der Waals surface area contributed by atoms with Crippen LogP contribution in [0.25, 0.3) is 0 Å². The molecule has 0 bridgehead atoms. The molecule has 2 aliphatic heterocycles. The highest BCUT2D eigenvalue weighted by Gasteiger charge is 2.38. The molecule has 0 unspecified atom stereocenters. The number of hydrogen-bond acceptors (Lipinski definition) is 5. The Kier molecular flexibility index (Phi) is 6.94. The Hall–Kier alpha value is -2.93. The summed E-state index contributed by atoms with van der Waals surface area (Å²) in [4.78, 5) is 27.8. The Morgan fingerprint density at radius 3 is 2.56 bits per heavy atom. The fourth-order valence-electron chi connectivity index (χ4n) is 4.25. The maximum Gasteiger partial charge on any atom is 0.254 e. The second kappa shape index (κ2) is 9.74. The van der Waals surface area contributed by atoms with Crippen LogP contribution in [0.15, 0.2) is 53.4 Å². The lowest BCUT2D eigenvalue weighted by atomic mass is 10.1. The topological polar surface area (TPSA) is 111 Å². The molecule has 2 fully saturated rings. The van der Waals surface area contributed by atoms with Gasteiger partial charge in [0.25, 0.3) is 5.91 Å². The number of carbonyl (C=O) groups is 2. The molecular weight excluding hydrogens is 476 g/mol. The normalized spacial score (nSPS) is 19.8. The van der Waals surface area contributed by atoms with Gasteiger partial charge in [-0.2, -0.15) is 9.57 Å². The lowest BCUT2D eigenvalue weighted by molar-refractivity contribution is -0.125. The molecule has 2 aromatic rings. The fourth-order valence-corrected chi connectivity index (χ4v) is 5.95. The molecule has 1 N–H and O–H groups in total. The number of hydrogen-bond donors (Lipinski definition) is 1. The number of carbonyl (C=O) groups excluding carboxylic acids is 2. The molecule has 8 nitrogen and oxygen atoms in total. The van der Waals surface area contributed by atoms with Gasteiger partial charge in [0.1, 0.15) is 6.04 Å². The van der Waals surface area contributed by atoms with Crippen molar-refractivity contribution in [1.82, 2.24) is 14.5 Å². The van der Waals surface area contributed by atoms with Gasteiger partial charge >= 0.3 is 0 Å². The number of nitrogens with one attached hydrogen (secondary N) is 1. The molecule has 2 aromatic carbocycles. The number of nitrogens with zero attached hydrogens (tertiary/aromatic N) is 3. The molecule has 2 heterocycles. The minimum atomic E-state index is -3.78. The van der Waals surface area contributed by atoms with E-state index in [4.69, 9.17) is 16.9 Å². The third-order valence-electron chi connectivity index (χ3n) is 6.29. The molecule has 178 valence electrons. The number of halogens is 1.